The molecule has 0 radical (unpaired) electrons. The van der Waals surface area contributed by atoms with E-state index in [0.29, 0.717) is 13.0 Å². The van der Waals surface area contributed by atoms with E-state index in [1.54, 1.807) is 6.92 Å². The van der Waals surface area contributed by atoms with Gasteiger partial charge in [-0.1, -0.05) is 12.1 Å². The lowest BCUT2D eigenvalue weighted by Gasteiger charge is -2.25. The minimum absolute atomic E-state index is 0.0193. The van der Waals surface area contributed by atoms with Gasteiger partial charge in [0, 0.05) is 38.2 Å². The summed E-state index contributed by atoms with van der Waals surface area (Å²) in [5, 5.41) is 2.92. The van der Waals surface area contributed by atoms with E-state index in [2.05, 4.69) is 5.32 Å². The molecule has 0 aliphatic carbocycles. The second kappa shape index (κ2) is 8.83. The lowest BCUT2D eigenvalue weighted by Crippen LogP contribution is -2.34. The van der Waals surface area contributed by atoms with Crippen LogP contribution >= 0.6 is 0 Å². The van der Waals surface area contributed by atoms with Crippen molar-refractivity contribution in [2.24, 2.45) is 0 Å². The van der Waals surface area contributed by atoms with Crippen molar-refractivity contribution in [2.75, 3.05) is 11.9 Å². The fraction of sp³-hybridized carbons (Fsp3) is 0.579. The summed E-state index contributed by atoms with van der Waals surface area (Å²) in [6.45, 7) is 7.00. The number of rotatable bonds is 7. The van der Waals surface area contributed by atoms with Crippen molar-refractivity contribution in [3.8, 4) is 0 Å². The summed E-state index contributed by atoms with van der Waals surface area (Å²) in [7, 11) is 0. The van der Waals surface area contributed by atoms with Gasteiger partial charge in [0.05, 0.1) is 6.10 Å². The van der Waals surface area contributed by atoms with Crippen LogP contribution in [0.15, 0.2) is 24.3 Å². The number of anilines is 1. The molecule has 1 fully saturated rings. The van der Waals surface area contributed by atoms with E-state index in [1.165, 1.54) is 0 Å². The number of hydrogen-bond acceptors (Lipinski definition) is 3. The van der Waals surface area contributed by atoms with Gasteiger partial charge in [0.25, 0.3) is 0 Å². The molecule has 1 saturated heterocycles. The van der Waals surface area contributed by atoms with Crippen molar-refractivity contribution >= 4 is 17.5 Å². The van der Waals surface area contributed by atoms with Gasteiger partial charge in [0.15, 0.2) is 0 Å². The molecule has 5 heteroatoms. The molecule has 1 aliphatic heterocycles. The Balaban J connectivity index is 1.82. The first kappa shape index (κ1) is 18.5. The molecule has 0 unspecified atom stereocenters. The normalized spacial score (nSPS) is 17.1. The molecule has 2 rings (SSSR count). The first-order valence-electron chi connectivity index (χ1n) is 8.73. The molecular formula is C19H28N2O3. The van der Waals surface area contributed by atoms with Crippen LogP contribution in [0, 0.1) is 0 Å². The first-order chi connectivity index (χ1) is 11.5. The molecule has 0 saturated carbocycles. The largest absolute Gasteiger partial charge is 0.378 e. The second-order valence-electron chi connectivity index (χ2n) is 6.66. The zero-order valence-corrected chi connectivity index (χ0v) is 14.9. The van der Waals surface area contributed by atoms with Crippen LogP contribution < -0.4 is 5.32 Å². The third-order valence-electron chi connectivity index (χ3n) is 4.34. The zero-order valence-electron chi connectivity index (χ0n) is 14.9. The number of nitrogens with zero attached hydrogens (tertiary/aromatic N) is 1. The van der Waals surface area contributed by atoms with Crippen LogP contribution in [0.3, 0.4) is 0 Å². The first-order valence-corrected chi connectivity index (χ1v) is 8.73. The second-order valence-corrected chi connectivity index (χ2v) is 6.66. The smallest absolute Gasteiger partial charge is 0.224 e. The minimum atomic E-state index is 0.0193. The highest BCUT2D eigenvalue weighted by Gasteiger charge is 2.17. The van der Waals surface area contributed by atoms with Crippen LogP contribution in [0.2, 0.25) is 0 Å². The molecule has 132 valence electrons. The molecule has 2 amide bonds. The number of benzene rings is 1. The number of nitrogens with one attached hydrogen (secondary N) is 1. The van der Waals surface area contributed by atoms with Crippen molar-refractivity contribution in [2.45, 2.75) is 65.1 Å². The summed E-state index contributed by atoms with van der Waals surface area (Å²) in [4.78, 5) is 25.4. The van der Waals surface area contributed by atoms with Gasteiger partial charge in [-0.25, -0.2) is 0 Å². The van der Waals surface area contributed by atoms with Crippen LogP contribution in [0.5, 0.6) is 0 Å². The van der Waals surface area contributed by atoms with E-state index in [4.69, 9.17) is 4.74 Å². The average Bonchev–Trinajstić information content (AvgIpc) is 3.05. The lowest BCUT2D eigenvalue weighted by molar-refractivity contribution is -0.131. The fourth-order valence-corrected chi connectivity index (χ4v) is 2.94. The van der Waals surface area contributed by atoms with Crippen molar-refractivity contribution in [1.82, 2.24) is 4.90 Å². The van der Waals surface area contributed by atoms with Crippen LogP contribution in [-0.4, -0.2) is 35.5 Å². The molecule has 1 heterocycles. The summed E-state index contributed by atoms with van der Waals surface area (Å²) in [5.74, 6) is 0.0855. The van der Waals surface area contributed by atoms with Crippen molar-refractivity contribution in [3.63, 3.8) is 0 Å². The highest BCUT2D eigenvalue weighted by Crippen LogP contribution is 2.18. The number of carbonyl (C=O) groups is 2. The summed E-state index contributed by atoms with van der Waals surface area (Å²) in [5.41, 5.74) is 1.84. The Morgan fingerprint density at radius 3 is 2.54 bits per heavy atom. The maximum Gasteiger partial charge on any atom is 0.224 e. The molecule has 0 spiro atoms. The van der Waals surface area contributed by atoms with Crippen molar-refractivity contribution in [1.29, 1.82) is 0 Å². The summed E-state index contributed by atoms with van der Waals surface area (Å²) < 4.78 is 5.53. The summed E-state index contributed by atoms with van der Waals surface area (Å²) in [6.07, 6.45) is 3.67. The SMILES string of the molecule is CC(=O)N(Cc1ccc(NC(=O)CC[C@@H]2CCCO2)cc1)C(C)C. The topological polar surface area (TPSA) is 58.6 Å². The Labute approximate surface area is 144 Å². The Hall–Kier alpha value is -1.88. The predicted octanol–water partition coefficient (Wildman–Crippen LogP) is 3.34. The van der Waals surface area contributed by atoms with Gasteiger partial charge in [-0.3, -0.25) is 9.59 Å². The predicted molar refractivity (Wildman–Crippen MR) is 94.6 cm³/mol. The van der Waals surface area contributed by atoms with Gasteiger partial charge in [-0.05, 0) is 50.8 Å². The van der Waals surface area contributed by atoms with Crippen molar-refractivity contribution in [3.05, 3.63) is 29.8 Å². The standard InChI is InChI=1S/C19H28N2O3/c1-14(2)21(15(3)22)13-16-6-8-17(9-7-16)20-19(23)11-10-18-5-4-12-24-18/h6-9,14,18H,4-5,10-13H2,1-3H3,(H,20,23)/t18-/m0/s1. The van der Waals surface area contributed by atoms with E-state index in [1.807, 2.05) is 43.0 Å². The Kier molecular flexibility index (Phi) is 6.79. The molecule has 1 aromatic carbocycles. The fourth-order valence-electron chi connectivity index (χ4n) is 2.94. The monoisotopic (exact) mass is 332 g/mol. The minimum Gasteiger partial charge on any atom is -0.378 e. The van der Waals surface area contributed by atoms with E-state index in [9.17, 15) is 9.59 Å². The number of amides is 2. The molecule has 1 N–H and O–H groups in total. The van der Waals surface area contributed by atoms with E-state index in [-0.39, 0.29) is 24.0 Å². The molecule has 0 bridgehead atoms. The van der Waals surface area contributed by atoms with Crippen LogP contribution in [0.1, 0.15) is 52.0 Å². The van der Waals surface area contributed by atoms with Crippen LogP contribution in [-0.2, 0) is 20.9 Å². The quantitative estimate of drug-likeness (QED) is 0.833. The van der Waals surface area contributed by atoms with E-state index in [0.717, 1.165) is 37.1 Å². The third kappa shape index (κ3) is 5.64. The lowest BCUT2D eigenvalue weighted by atomic mass is 10.1. The van der Waals surface area contributed by atoms with Gasteiger partial charge >= 0.3 is 0 Å². The molecular weight excluding hydrogens is 304 g/mol. The molecule has 1 aromatic rings. The highest BCUT2D eigenvalue weighted by molar-refractivity contribution is 5.90. The highest BCUT2D eigenvalue weighted by atomic mass is 16.5. The maximum absolute atomic E-state index is 12.0. The van der Waals surface area contributed by atoms with Gasteiger partial charge in [0.1, 0.15) is 0 Å². The average molecular weight is 332 g/mol. The third-order valence-corrected chi connectivity index (χ3v) is 4.34. The van der Waals surface area contributed by atoms with Gasteiger partial charge < -0.3 is 15.0 Å². The van der Waals surface area contributed by atoms with Gasteiger partial charge in [0.2, 0.25) is 11.8 Å². The van der Waals surface area contributed by atoms with E-state index < -0.39 is 0 Å². The van der Waals surface area contributed by atoms with Crippen LogP contribution in [0.25, 0.3) is 0 Å². The molecule has 24 heavy (non-hydrogen) atoms. The van der Waals surface area contributed by atoms with Crippen LogP contribution in [0.4, 0.5) is 5.69 Å². The number of hydrogen-bond donors (Lipinski definition) is 1. The Bertz CT molecular complexity index is 548. The van der Waals surface area contributed by atoms with Gasteiger partial charge in [-0.2, -0.15) is 0 Å². The summed E-state index contributed by atoms with van der Waals surface area (Å²) in [6, 6.07) is 7.84. The molecule has 1 atom stereocenters. The summed E-state index contributed by atoms with van der Waals surface area (Å²) >= 11 is 0. The molecule has 0 aromatic heterocycles. The molecule has 5 nitrogen and oxygen atoms in total. The Morgan fingerprint density at radius 1 is 1.29 bits per heavy atom. The number of carbonyl (C=O) groups excluding carboxylic acids is 2. The Morgan fingerprint density at radius 2 is 2.00 bits per heavy atom. The molecule has 1 aliphatic rings. The zero-order chi connectivity index (χ0) is 17.5. The van der Waals surface area contributed by atoms with Crippen molar-refractivity contribution < 1.29 is 14.3 Å². The maximum atomic E-state index is 12.0. The number of ether oxygens (including phenoxy) is 1. The van der Waals surface area contributed by atoms with E-state index >= 15 is 0 Å². The van der Waals surface area contributed by atoms with Gasteiger partial charge in [-0.15, -0.1) is 0 Å².